The number of hydrogen-bond donors (Lipinski definition) is 1. The molecule has 4 aliphatic carbocycles. The average molecular weight is 270 g/mol. The first kappa shape index (κ1) is 12.4. The van der Waals surface area contributed by atoms with E-state index in [1.807, 2.05) is 0 Å². The molecule has 0 radical (unpaired) electrons. The van der Waals surface area contributed by atoms with Crippen molar-refractivity contribution in [1.82, 2.24) is 0 Å². The van der Waals surface area contributed by atoms with Crippen molar-refractivity contribution in [2.45, 2.75) is 44.4 Å². The Morgan fingerprint density at radius 3 is 2.25 bits per heavy atom. The van der Waals surface area contributed by atoms with Crippen LogP contribution in [0.25, 0.3) is 0 Å². The minimum absolute atomic E-state index is 0.137. The van der Waals surface area contributed by atoms with Gasteiger partial charge in [0.25, 0.3) is 0 Å². The molecule has 1 aromatic carbocycles. The monoisotopic (exact) mass is 270 g/mol. The second-order valence-corrected chi connectivity index (χ2v) is 7.60. The Labute approximate surface area is 120 Å². The lowest BCUT2D eigenvalue weighted by Crippen LogP contribution is -2.59. The topological polar surface area (TPSA) is 37.3 Å². The minimum Gasteiger partial charge on any atom is -0.481 e. The van der Waals surface area contributed by atoms with Gasteiger partial charge in [0.1, 0.15) is 0 Å². The Morgan fingerprint density at radius 2 is 1.70 bits per heavy atom. The number of benzene rings is 1. The van der Waals surface area contributed by atoms with Crippen LogP contribution in [0.2, 0.25) is 0 Å². The third kappa shape index (κ3) is 1.48. The molecule has 106 valence electrons. The SMILES string of the molecule is CC1C2CC3(C(=O)O)CC1CC(c1ccccc1)(C2)C3. The highest BCUT2D eigenvalue weighted by Crippen LogP contribution is 2.67. The van der Waals surface area contributed by atoms with Crippen LogP contribution in [0.5, 0.6) is 0 Å². The van der Waals surface area contributed by atoms with Crippen molar-refractivity contribution in [1.29, 1.82) is 0 Å². The molecule has 2 nitrogen and oxygen atoms in total. The molecule has 0 amide bonds. The number of carboxylic acid groups (broad SMARTS) is 1. The summed E-state index contributed by atoms with van der Waals surface area (Å²) in [7, 11) is 0. The van der Waals surface area contributed by atoms with Gasteiger partial charge in [-0.3, -0.25) is 4.79 Å². The van der Waals surface area contributed by atoms with Crippen LogP contribution in [0.1, 0.15) is 44.6 Å². The van der Waals surface area contributed by atoms with Gasteiger partial charge in [0, 0.05) is 0 Å². The van der Waals surface area contributed by atoms with Crippen LogP contribution >= 0.6 is 0 Å². The fourth-order valence-corrected chi connectivity index (χ4v) is 5.76. The van der Waals surface area contributed by atoms with E-state index in [0.29, 0.717) is 17.8 Å². The summed E-state index contributed by atoms with van der Waals surface area (Å²) in [5, 5.41) is 9.83. The largest absolute Gasteiger partial charge is 0.481 e. The molecule has 20 heavy (non-hydrogen) atoms. The molecular weight excluding hydrogens is 248 g/mol. The number of carboxylic acids is 1. The molecule has 4 bridgehead atoms. The third-order valence-corrected chi connectivity index (χ3v) is 6.62. The van der Waals surface area contributed by atoms with E-state index in [9.17, 15) is 9.90 Å². The fourth-order valence-electron chi connectivity index (χ4n) is 5.76. The van der Waals surface area contributed by atoms with Crippen molar-refractivity contribution >= 4 is 5.97 Å². The summed E-state index contributed by atoms with van der Waals surface area (Å²) in [5.74, 6) is 1.37. The standard InChI is InChI=1S/C18H22O2/c1-12-13-7-17(15-5-3-2-4-6-15)8-14(12)10-18(9-13,11-17)16(19)20/h2-6,12-14H,7-11H2,1H3,(H,19,20). The minimum atomic E-state index is -0.542. The van der Waals surface area contributed by atoms with Crippen molar-refractivity contribution in [2.75, 3.05) is 0 Å². The van der Waals surface area contributed by atoms with Crippen LogP contribution < -0.4 is 0 Å². The molecular formula is C18H22O2. The van der Waals surface area contributed by atoms with Gasteiger partial charge in [0.05, 0.1) is 5.41 Å². The maximum atomic E-state index is 11.9. The Kier molecular flexibility index (Phi) is 2.40. The molecule has 1 aromatic rings. The van der Waals surface area contributed by atoms with E-state index >= 15 is 0 Å². The molecule has 2 heteroatoms. The predicted octanol–water partition coefficient (Wildman–Crippen LogP) is 3.86. The summed E-state index contributed by atoms with van der Waals surface area (Å²) >= 11 is 0. The zero-order valence-corrected chi connectivity index (χ0v) is 12.0. The van der Waals surface area contributed by atoms with Crippen molar-refractivity contribution < 1.29 is 9.90 Å². The van der Waals surface area contributed by atoms with E-state index in [-0.39, 0.29) is 5.41 Å². The van der Waals surface area contributed by atoms with Crippen molar-refractivity contribution in [3.05, 3.63) is 35.9 Å². The predicted molar refractivity (Wildman–Crippen MR) is 77.4 cm³/mol. The highest BCUT2D eigenvalue weighted by Gasteiger charge is 2.63. The first-order chi connectivity index (χ1) is 9.55. The van der Waals surface area contributed by atoms with E-state index in [2.05, 4.69) is 37.3 Å². The van der Waals surface area contributed by atoms with Gasteiger partial charge in [0.2, 0.25) is 0 Å². The van der Waals surface area contributed by atoms with E-state index in [4.69, 9.17) is 0 Å². The maximum absolute atomic E-state index is 11.9. The van der Waals surface area contributed by atoms with Crippen LogP contribution in [0.4, 0.5) is 0 Å². The molecule has 0 aliphatic heterocycles. The Hall–Kier alpha value is -1.31. The normalized spacial score (nSPS) is 45.5. The highest BCUT2D eigenvalue weighted by molar-refractivity contribution is 5.76. The summed E-state index contributed by atoms with van der Waals surface area (Å²) in [6.07, 6.45) is 5.08. The van der Waals surface area contributed by atoms with Crippen LogP contribution in [0.3, 0.4) is 0 Å². The smallest absolute Gasteiger partial charge is 0.309 e. The van der Waals surface area contributed by atoms with Gasteiger partial charge in [-0.05, 0) is 60.8 Å². The first-order valence-corrected chi connectivity index (χ1v) is 7.84. The van der Waals surface area contributed by atoms with Gasteiger partial charge in [0.15, 0.2) is 0 Å². The molecule has 0 saturated heterocycles. The lowest BCUT2D eigenvalue weighted by atomic mass is 9.40. The highest BCUT2D eigenvalue weighted by atomic mass is 16.4. The first-order valence-electron chi connectivity index (χ1n) is 7.84. The van der Waals surface area contributed by atoms with Crippen LogP contribution in [0.15, 0.2) is 30.3 Å². The van der Waals surface area contributed by atoms with E-state index in [1.165, 1.54) is 18.4 Å². The number of aliphatic carboxylic acids is 1. The van der Waals surface area contributed by atoms with Gasteiger partial charge < -0.3 is 5.11 Å². The molecule has 0 heterocycles. The second kappa shape index (κ2) is 3.87. The van der Waals surface area contributed by atoms with E-state index < -0.39 is 11.4 Å². The molecule has 2 atom stereocenters. The zero-order chi connectivity index (χ0) is 14.0. The molecule has 4 saturated carbocycles. The van der Waals surface area contributed by atoms with Crippen molar-refractivity contribution in [3.63, 3.8) is 0 Å². The molecule has 1 N–H and O–H groups in total. The van der Waals surface area contributed by atoms with Crippen molar-refractivity contribution in [2.24, 2.45) is 23.2 Å². The number of rotatable bonds is 2. The lowest BCUT2D eigenvalue weighted by Gasteiger charge is -2.63. The summed E-state index contributed by atoms with van der Waals surface area (Å²) in [4.78, 5) is 11.9. The molecule has 4 aliphatic rings. The summed E-state index contributed by atoms with van der Waals surface area (Å²) < 4.78 is 0. The number of hydrogen-bond acceptors (Lipinski definition) is 1. The fraction of sp³-hybridized carbons (Fsp3) is 0.611. The van der Waals surface area contributed by atoms with Gasteiger partial charge in [-0.15, -0.1) is 0 Å². The van der Waals surface area contributed by atoms with Crippen LogP contribution in [-0.2, 0) is 10.2 Å². The zero-order valence-electron chi connectivity index (χ0n) is 12.0. The Balaban J connectivity index is 1.82. The molecule has 4 fully saturated rings. The molecule has 2 unspecified atom stereocenters. The van der Waals surface area contributed by atoms with E-state index in [0.717, 1.165) is 19.3 Å². The maximum Gasteiger partial charge on any atom is 0.309 e. The summed E-state index contributed by atoms with van der Waals surface area (Å²) in [6, 6.07) is 10.7. The molecule has 0 aromatic heterocycles. The third-order valence-electron chi connectivity index (χ3n) is 6.62. The Morgan fingerprint density at radius 1 is 1.10 bits per heavy atom. The molecule has 5 rings (SSSR count). The van der Waals surface area contributed by atoms with Crippen LogP contribution in [-0.4, -0.2) is 11.1 Å². The van der Waals surface area contributed by atoms with Crippen molar-refractivity contribution in [3.8, 4) is 0 Å². The van der Waals surface area contributed by atoms with Gasteiger partial charge in [-0.1, -0.05) is 37.3 Å². The average Bonchev–Trinajstić information content (AvgIpc) is 2.44. The summed E-state index contributed by atoms with van der Waals surface area (Å²) in [5.41, 5.74) is 1.08. The summed E-state index contributed by atoms with van der Waals surface area (Å²) in [6.45, 7) is 2.35. The second-order valence-electron chi connectivity index (χ2n) is 7.60. The quantitative estimate of drug-likeness (QED) is 0.886. The lowest BCUT2D eigenvalue weighted by molar-refractivity contribution is -0.173. The molecule has 0 spiro atoms. The van der Waals surface area contributed by atoms with E-state index in [1.54, 1.807) is 0 Å². The number of carbonyl (C=O) groups is 1. The van der Waals surface area contributed by atoms with Gasteiger partial charge in [-0.25, -0.2) is 0 Å². The van der Waals surface area contributed by atoms with Crippen LogP contribution in [0, 0.1) is 23.2 Å². The Bertz CT molecular complexity index is 532. The van der Waals surface area contributed by atoms with Gasteiger partial charge >= 0.3 is 5.97 Å². The van der Waals surface area contributed by atoms with Gasteiger partial charge in [-0.2, -0.15) is 0 Å².